The van der Waals surface area contributed by atoms with Crippen LogP contribution in [0.15, 0.2) is 53.6 Å². The highest BCUT2D eigenvalue weighted by Crippen LogP contribution is 2.39. The Bertz CT molecular complexity index is 1430. The fraction of sp³-hybridized carbons (Fsp3) is 0.250. The number of hydrogen-bond acceptors (Lipinski definition) is 9. The number of aryl methyl sites for hydroxylation is 1. The number of benzene rings is 2. The second kappa shape index (κ2) is 12.4. The van der Waals surface area contributed by atoms with Crippen LogP contribution in [0.5, 0.6) is 11.5 Å². The van der Waals surface area contributed by atoms with E-state index in [1.54, 1.807) is 69.5 Å². The lowest BCUT2D eigenvalue weighted by molar-refractivity contribution is -0.136. The molecule has 0 fully saturated rings. The summed E-state index contributed by atoms with van der Waals surface area (Å²) < 4.78 is 15.6. The number of amides is 2. The van der Waals surface area contributed by atoms with Crippen LogP contribution in [-0.2, 0) is 27.2 Å². The van der Waals surface area contributed by atoms with Crippen LogP contribution in [-0.4, -0.2) is 43.2 Å². The van der Waals surface area contributed by atoms with Crippen LogP contribution in [0.4, 0.5) is 5.00 Å². The van der Waals surface area contributed by atoms with E-state index in [9.17, 15) is 19.2 Å². The van der Waals surface area contributed by atoms with Crippen molar-refractivity contribution in [1.82, 2.24) is 5.43 Å². The SMILES string of the molecule is CCOC(=O)c1c(NC(=O)C(=O)NN=C(C)c2ccc(OC(=O)c3ccc(OC)cc3)cc2)sc2c1CCC2. The summed E-state index contributed by atoms with van der Waals surface area (Å²) in [5.74, 6) is -2.00. The number of carbonyl (C=O) groups is 4. The molecule has 2 aromatic carbocycles. The highest BCUT2D eigenvalue weighted by molar-refractivity contribution is 7.17. The molecule has 0 aliphatic heterocycles. The van der Waals surface area contributed by atoms with Crippen molar-refractivity contribution in [2.45, 2.75) is 33.1 Å². The van der Waals surface area contributed by atoms with E-state index in [2.05, 4.69) is 15.8 Å². The monoisotopic (exact) mass is 549 g/mol. The number of fused-ring (bicyclic) bond motifs is 1. The molecule has 1 aliphatic rings. The van der Waals surface area contributed by atoms with Crippen LogP contribution in [0.1, 0.15) is 57.0 Å². The smallest absolute Gasteiger partial charge is 0.343 e. The van der Waals surface area contributed by atoms with Gasteiger partial charge >= 0.3 is 23.8 Å². The number of esters is 2. The molecule has 3 aromatic rings. The van der Waals surface area contributed by atoms with E-state index in [1.165, 1.54) is 11.3 Å². The highest BCUT2D eigenvalue weighted by Gasteiger charge is 2.29. The van der Waals surface area contributed by atoms with Gasteiger partial charge in [0.05, 0.1) is 30.6 Å². The summed E-state index contributed by atoms with van der Waals surface area (Å²) in [4.78, 5) is 50.8. The number of hydrogen-bond donors (Lipinski definition) is 2. The van der Waals surface area contributed by atoms with Crippen molar-refractivity contribution in [1.29, 1.82) is 0 Å². The summed E-state index contributed by atoms with van der Waals surface area (Å²) in [6.07, 6.45) is 2.48. The van der Waals surface area contributed by atoms with E-state index >= 15 is 0 Å². The Morgan fingerprint density at radius 1 is 0.897 bits per heavy atom. The molecule has 0 radical (unpaired) electrons. The predicted octanol–water partition coefficient (Wildman–Crippen LogP) is 4.12. The number of thiophene rings is 1. The molecule has 2 N–H and O–H groups in total. The lowest BCUT2D eigenvalue weighted by atomic mass is 10.1. The fourth-order valence-corrected chi connectivity index (χ4v) is 5.25. The third kappa shape index (κ3) is 6.50. The molecule has 4 rings (SSSR count). The third-order valence-electron chi connectivity index (χ3n) is 5.97. The van der Waals surface area contributed by atoms with E-state index in [4.69, 9.17) is 14.2 Å². The van der Waals surface area contributed by atoms with Crippen LogP contribution in [0, 0.1) is 0 Å². The number of methoxy groups -OCH3 is 1. The minimum atomic E-state index is -0.984. The van der Waals surface area contributed by atoms with Gasteiger partial charge in [0, 0.05) is 4.88 Å². The van der Waals surface area contributed by atoms with Gasteiger partial charge in [-0.15, -0.1) is 11.3 Å². The first-order valence-corrected chi connectivity index (χ1v) is 13.1. The Balaban J connectivity index is 1.35. The molecule has 10 nitrogen and oxygen atoms in total. The van der Waals surface area contributed by atoms with Crippen molar-refractivity contribution in [3.63, 3.8) is 0 Å². The fourth-order valence-electron chi connectivity index (χ4n) is 3.98. The first kappa shape index (κ1) is 27.5. The molecule has 2 amide bonds. The standard InChI is InChI=1S/C28H27N3O7S/c1-4-37-28(35)23-21-6-5-7-22(21)39-26(23)29-24(32)25(33)31-30-16(2)17-8-14-20(15-9-17)38-27(34)18-10-12-19(36-3)13-11-18/h8-15H,4-7H2,1-3H3,(H,29,32)(H,31,33). The summed E-state index contributed by atoms with van der Waals surface area (Å²) in [7, 11) is 1.54. The molecule has 39 heavy (non-hydrogen) atoms. The summed E-state index contributed by atoms with van der Waals surface area (Å²) in [5, 5.41) is 6.83. The lowest BCUT2D eigenvalue weighted by Crippen LogP contribution is -2.33. The zero-order valence-corrected chi connectivity index (χ0v) is 22.5. The summed E-state index contributed by atoms with van der Waals surface area (Å²) >= 11 is 1.29. The van der Waals surface area contributed by atoms with Gasteiger partial charge < -0.3 is 19.5 Å². The van der Waals surface area contributed by atoms with Crippen LogP contribution >= 0.6 is 11.3 Å². The number of nitrogens with zero attached hydrogens (tertiary/aromatic N) is 1. The van der Waals surface area contributed by atoms with Crippen molar-refractivity contribution >= 4 is 45.8 Å². The molecule has 0 saturated carbocycles. The van der Waals surface area contributed by atoms with Gasteiger partial charge in [0.25, 0.3) is 0 Å². The second-order valence-corrected chi connectivity index (χ2v) is 9.62. The highest BCUT2D eigenvalue weighted by atomic mass is 32.1. The Hall–Kier alpha value is -4.51. The van der Waals surface area contributed by atoms with Crippen LogP contribution in [0.3, 0.4) is 0 Å². The molecular formula is C28H27N3O7S. The first-order chi connectivity index (χ1) is 18.8. The average molecular weight is 550 g/mol. The Morgan fingerprint density at radius 2 is 1.56 bits per heavy atom. The van der Waals surface area contributed by atoms with Crippen molar-refractivity contribution < 1.29 is 33.4 Å². The number of nitrogens with one attached hydrogen (secondary N) is 2. The van der Waals surface area contributed by atoms with Gasteiger partial charge in [-0.25, -0.2) is 15.0 Å². The normalized spacial score (nSPS) is 12.3. The second-order valence-electron chi connectivity index (χ2n) is 8.52. The number of rotatable bonds is 8. The van der Waals surface area contributed by atoms with E-state index in [0.717, 1.165) is 29.7 Å². The van der Waals surface area contributed by atoms with Gasteiger partial charge in [-0.1, -0.05) is 0 Å². The minimum Gasteiger partial charge on any atom is -0.497 e. The Labute approximate surface area is 229 Å². The average Bonchev–Trinajstić information content (AvgIpc) is 3.53. The Morgan fingerprint density at radius 3 is 2.23 bits per heavy atom. The van der Waals surface area contributed by atoms with Gasteiger partial charge in [0.1, 0.15) is 16.5 Å². The zero-order valence-electron chi connectivity index (χ0n) is 21.7. The van der Waals surface area contributed by atoms with Crippen LogP contribution in [0.25, 0.3) is 0 Å². The molecule has 0 spiro atoms. The van der Waals surface area contributed by atoms with Crippen molar-refractivity contribution in [2.75, 3.05) is 19.0 Å². The number of carbonyl (C=O) groups excluding carboxylic acids is 4. The number of ether oxygens (including phenoxy) is 3. The largest absolute Gasteiger partial charge is 0.497 e. The molecule has 0 bridgehead atoms. The van der Waals surface area contributed by atoms with Crippen molar-refractivity contribution in [2.24, 2.45) is 5.10 Å². The molecular weight excluding hydrogens is 522 g/mol. The van der Waals surface area contributed by atoms with Gasteiger partial charge in [0.15, 0.2) is 0 Å². The zero-order chi connectivity index (χ0) is 27.9. The summed E-state index contributed by atoms with van der Waals surface area (Å²) in [6, 6.07) is 13.1. The van der Waals surface area contributed by atoms with Crippen LogP contribution < -0.4 is 20.2 Å². The van der Waals surface area contributed by atoms with Gasteiger partial charge in [-0.05, 0) is 92.8 Å². The maximum Gasteiger partial charge on any atom is 0.343 e. The lowest BCUT2D eigenvalue weighted by Gasteiger charge is -2.08. The van der Waals surface area contributed by atoms with Crippen molar-refractivity contribution in [3.05, 3.63) is 75.7 Å². The van der Waals surface area contributed by atoms with E-state index < -0.39 is 23.8 Å². The quantitative estimate of drug-likeness (QED) is 0.142. The van der Waals surface area contributed by atoms with Gasteiger partial charge in [-0.2, -0.15) is 5.10 Å². The number of anilines is 1. The van der Waals surface area contributed by atoms with Gasteiger partial charge in [0.2, 0.25) is 0 Å². The molecule has 1 aliphatic carbocycles. The topological polar surface area (TPSA) is 132 Å². The van der Waals surface area contributed by atoms with Gasteiger partial charge in [-0.3, -0.25) is 9.59 Å². The maximum absolute atomic E-state index is 12.5. The van der Waals surface area contributed by atoms with Crippen LogP contribution in [0.2, 0.25) is 0 Å². The summed E-state index contributed by atoms with van der Waals surface area (Å²) in [5.41, 5.74) is 4.87. The maximum atomic E-state index is 12.5. The molecule has 202 valence electrons. The molecule has 0 atom stereocenters. The molecule has 0 saturated heterocycles. The van der Waals surface area contributed by atoms with E-state index in [1.807, 2.05) is 0 Å². The molecule has 11 heteroatoms. The summed E-state index contributed by atoms with van der Waals surface area (Å²) in [6.45, 7) is 3.57. The van der Waals surface area contributed by atoms with E-state index in [0.29, 0.717) is 38.9 Å². The first-order valence-electron chi connectivity index (χ1n) is 12.2. The number of hydrazone groups is 1. The molecule has 1 aromatic heterocycles. The van der Waals surface area contributed by atoms with E-state index in [-0.39, 0.29) is 6.61 Å². The minimum absolute atomic E-state index is 0.206. The Kier molecular flexibility index (Phi) is 8.72. The third-order valence-corrected chi connectivity index (χ3v) is 7.17. The predicted molar refractivity (Wildman–Crippen MR) is 146 cm³/mol. The van der Waals surface area contributed by atoms with Crippen molar-refractivity contribution in [3.8, 4) is 11.5 Å². The molecule has 1 heterocycles. The molecule has 0 unspecified atom stereocenters.